The first kappa shape index (κ1) is 13.9. The minimum absolute atomic E-state index is 0.0473. The fourth-order valence-electron chi connectivity index (χ4n) is 3.01. The molecule has 1 heterocycles. The molecular formula is C14H22N4OS. The van der Waals surface area contributed by atoms with E-state index in [1.165, 1.54) is 18.6 Å². The van der Waals surface area contributed by atoms with Gasteiger partial charge in [-0.3, -0.25) is 4.79 Å². The summed E-state index contributed by atoms with van der Waals surface area (Å²) >= 11 is 1.92. The first-order valence-electron chi connectivity index (χ1n) is 7.48. The molecular weight excluding hydrogens is 272 g/mol. The van der Waals surface area contributed by atoms with Gasteiger partial charge < -0.3 is 5.32 Å². The fraction of sp³-hybridized carbons (Fsp3) is 0.786. The van der Waals surface area contributed by atoms with Crippen LogP contribution in [-0.2, 0) is 0 Å². The second kappa shape index (κ2) is 6.16. The Morgan fingerprint density at radius 2 is 2.00 bits per heavy atom. The third kappa shape index (κ3) is 3.16. The Morgan fingerprint density at radius 3 is 2.65 bits per heavy atom. The number of hydrogen-bond donors (Lipinski definition) is 2. The Morgan fingerprint density at radius 1 is 1.25 bits per heavy atom. The SMILES string of the molecule is CSCC1CCC(NC(=O)c2n[nH]nc2C2CC2)CC1. The lowest BCUT2D eigenvalue weighted by Crippen LogP contribution is -2.38. The molecule has 0 radical (unpaired) electrons. The minimum atomic E-state index is -0.0473. The molecule has 0 aliphatic heterocycles. The normalized spacial score (nSPS) is 26.4. The van der Waals surface area contributed by atoms with Crippen LogP contribution >= 0.6 is 11.8 Å². The number of thioether (sulfide) groups is 1. The highest BCUT2D eigenvalue weighted by atomic mass is 32.2. The van der Waals surface area contributed by atoms with Gasteiger partial charge in [-0.25, -0.2) is 0 Å². The van der Waals surface area contributed by atoms with Gasteiger partial charge in [0.2, 0.25) is 0 Å². The van der Waals surface area contributed by atoms with Crippen LogP contribution in [-0.4, -0.2) is 39.4 Å². The summed E-state index contributed by atoms with van der Waals surface area (Å²) < 4.78 is 0. The zero-order valence-corrected chi connectivity index (χ0v) is 12.7. The van der Waals surface area contributed by atoms with Gasteiger partial charge in [-0.05, 0) is 56.5 Å². The second-order valence-electron chi connectivity index (χ2n) is 5.98. The zero-order valence-electron chi connectivity index (χ0n) is 11.9. The minimum Gasteiger partial charge on any atom is -0.348 e. The van der Waals surface area contributed by atoms with E-state index < -0.39 is 0 Å². The molecule has 0 unspecified atom stereocenters. The van der Waals surface area contributed by atoms with Gasteiger partial charge in [-0.2, -0.15) is 27.2 Å². The zero-order chi connectivity index (χ0) is 13.9. The van der Waals surface area contributed by atoms with Gasteiger partial charge >= 0.3 is 0 Å². The molecule has 110 valence electrons. The number of H-pyrrole nitrogens is 1. The van der Waals surface area contributed by atoms with E-state index in [1.807, 2.05) is 11.8 Å². The summed E-state index contributed by atoms with van der Waals surface area (Å²) in [5.41, 5.74) is 1.37. The van der Waals surface area contributed by atoms with Gasteiger partial charge in [0, 0.05) is 12.0 Å². The summed E-state index contributed by atoms with van der Waals surface area (Å²) in [4.78, 5) is 12.3. The Bertz CT molecular complexity index is 463. The number of amides is 1. The van der Waals surface area contributed by atoms with Crippen LogP contribution in [0.1, 0.15) is 60.6 Å². The van der Waals surface area contributed by atoms with Crippen molar-refractivity contribution < 1.29 is 4.79 Å². The molecule has 2 fully saturated rings. The van der Waals surface area contributed by atoms with E-state index in [1.54, 1.807) is 0 Å². The fourth-order valence-corrected chi connectivity index (χ4v) is 3.82. The summed E-state index contributed by atoms with van der Waals surface area (Å²) in [7, 11) is 0. The highest BCUT2D eigenvalue weighted by Gasteiger charge is 2.32. The summed E-state index contributed by atoms with van der Waals surface area (Å²) in [6.07, 6.45) is 9.05. The largest absolute Gasteiger partial charge is 0.348 e. The summed E-state index contributed by atoms with van der Waals surface area (Å²) in [6.45, 7) is 0. The first-order chi connectivity index (χ1) is 9.78. The number of carbonyl (C=O) groups is 1. The molecule has 6 heteroatoms. The highest BCUT2D eigenvalue weighted by molar-refractivity contribution is 7.98. The number of aromatic nitrogens is 3. The van der Waals surface area contributed by atoms with Crippen molar-refractivity contribution in [3.05, 3.63) is 11.4 Å². The maximum Gasteiger partial charge on any atom is 0.273 e. The van der Waals surface area contributed by atoms with Crippen LogP contribution in [0.15, 0.2) is 0 Å². The van der Waals surface area contributed by atoms with Crippen molar-refractivity contribution >= 4 is 17.7 Å². The van der Waals surface area contributed by atoms with Crippen molar-refractivity contribution in [1.82, 2.24) is 20.7 Å². The summed E-state index contributed by atoms with van der Waals surface area (Å²) in [5.74, 6) is 2.48. The van der Waals surface area contributed by atoms with Crippen molar-refractivity contribution in [2.24, 2.45) is 5.92 Å². The number of carbonyl (C=O) groups excluding carboxylic acids is 1. The van der Waals surface area contributed by atoms with E-state index in [0.29, 0.717) is 17.7 Å². The highest BCUT2D eigenvalue weighted by Crippen LogP contribution is 2.40. The van der Waals surface area contributed by atoms with Crippen LogP contribution in [0.3, 0.4) is 0 Å². The average molecular weight is 294 g/mol. The number of rotatable bonds is 5. The van der Waals surface area contributed by atoms with Crippen LogP contribution in [0, 0.1) is 5.92 Å². The number of nitrogens with one attached hydrogen (secondary N) is 2. The molecule has 2 aliphatic rings. The van der Waals surface area contributed by atoms with Gasteiger partial charge in [-0.1, -0.05) is 0 Å². The standard InChI is InChI=1S/C14H22N4OS/c1-20-8-9-2-6-11(7-3-9)15-14(19)13-12(10-4-5-10)16-18-17-13/h9-11H,2-8H2,1H3,(H,15,19)(H,16,17,18). The van der Waals surface area contributed by atoms with E-state index in [-0.39, 0.29) is 5.91 Å². The van der Waals surface area contributed by atoms with E-state index >= 15 is 0 Å². The van der Waals surface area contributed by atoms with E-state index in [9.17, 15) is 4.79 Å². The molecule has 0 atom stereocenters. The van der Waals surface area contributed by atoms with Gasteiger partial charge in [0.25, 0.3) is 5.91 Å². The van der Waals surface area contributed by atoms with Crippen LogP contribution < -0.4 is 5.32 Å². The van der Waals surface area contributed by atoms with Crippen LogP contribution in [0.25, 0.3) is 0 Å². The van der Waals surface area contributed by atoms with Crippen molar-refractivity contribution in [1.29, 1.82) is 0 Å². The van der Waals surface area contributed by atoms with E-state index in [2.05, 4.69) is 27.0 Å². The summed E-state index contributed by atoms with van der Waals surface area (Å²) in [6, 6.07) is 0.310. The molecule has 2 saturated carbocycles. The lowest BCUT2D eigenvalue weighted by molar-refractivity contribution is 0.0917. The molecule has 2 N–H and O–H groups in total. The second-order valence-corrected chi connectivity index (χ2v) is 6.89. The lowest BCUT2D eigenvalue weighted by Gasteiger charge is -2.28. The topological polar surface area (TPSA) is 70.7 Å². The molecule has 1 aromatic heterocycles. The van der Waals surface area contributed by atoms with Crippen LogP contribution in [0.2, 0.25) is 0 Å². The lowest BCUT2D eigenvalue weighted by atomic mass is 9.87. The van der Waals surface area contributed by atoms with Gasteiger partial charge in [-0.15, -0.1) is 0 Å². The molecule has 0 bridgehead atoms. The van der Waals surface area contributed by atoms with Crippen LogP contribution in [0.5, 0.6) is 0 Å². The quantitative estimate of drug-likeness (QED) is 0.874. The Hall–Kier alpha value is -1.04. The Kier molecular flexibility index (Phi) is 4.29. The first-order valence-corrected chi connectivity index (χ1v) is 8.87. The van der Waals surface area contributed by atoms with Crippen molar-refractivity contribution in [2.75, 3.05) is 12.0 Å². The predicted molar refractivity (Wildman–Crippen MR) is 80.0 cm³/mol. The molecule has 1 amide bonds. The van der Waals surface area contributed by atoms with E-state index in [4.69, 9.17) is 0 Å². The van der Waals surface area contributed by atoms with E-state index in [0.717, 1.165) is 37.3 Å². The van der Waals surface area contributed by atoms with Crippen molar-refractivity contribution in [3.8, 4) is 0 Å². The summed E-state index contributed by atoms with van der Waals surface area (Å²) in [5, 5.41) is 13.9. The predicted octanol–water partition coefficient (Wildman–Crippen LogP) is 2.33. The molecule has 5 nitrogen and oxygen atoms in total. The third-order valence-electron chi connectivity index (χ3n) is 4.34. The Balaban J connectivity index is 1.53. The van der Waals surface area contributed by atoms with Crippen molar-refractivity contribution in [2.45, 2.75) is 50.5 Å². The number of nitrogens with zero attached hydrogens (tertiary/aromatic N) is 2. The van der Waals surface area contributed by atoms with Gasteiger partial charge in [0.1, 0.15) is 0 Å². The smallest absolute Gasteiger partial charge is 0.273 e. The average Bonchev–Trinajstić information content (AvgIpc) is 3.18. The molecule has 3 rings (SSSR count). The Labute approximate surface area is 123 Å². The molecule has 2 aliphatic carbocycles. The monoisotopic (exact) mass is 294 g/mol. The van der Waals surface area contributed by atoms with Gasteiger partial charge in [0.15, 0.2) is 5.69 Å². The number of aromatic amines is 1. The molecule has 0 aromatic carbocycles. The maximum atomic E-state index is 12.3. The molecule has 20 heavy (non-hydrogen) atoms. The van der Waals surface area contributed by atoms with Crippen molar-refractivity contribution in [3.63, 3.8) is 0 Å². The molecule has 0 saturated heterocycles. The van der Waals surface area contributed by atoms with Crippen LogP contribution in [0.4, 0.5) is 0 Å². The molecule has 0 spiro atoms. The number of hydrogen-bond acceptors (Lipinski definition) is 4. The maximum absolute atomic E-state index is 12.3. The molecule has 1 aromatic rings. The van der Waals surface area contributed by atoms with Gasteiger partial charge in [0.05, 0.1) is 5.69 Å². The third-order valence-corrected chi connectivity index (χ3v) is 5.14.